The second-order valence-corrected chi connectivity index (χ2v) is 14.3. The lowest BCUT2D eigenvalue weighted by Gasteiger charge is -2.21. The van der Waals surface area contributed by atoms with E-state index in [2.05, 4.69) is 51.2 Å². The Labute approximate surface area is 314 Å². The summed E-state index contributed by atoms with van der Waals surface area (Å²) in [7, 11) is -7.25. The molecule has 0 spiro atoms. The normalized spacial score (nSPS) is 12.1. The van der Waals surface area contributed by atoms with Gasteiger partial charge >= 0.3 is 0 Å². The molecular formula is C34H33N13O6S2. The van der Waals surface area contributed by atoms with Crippen LogP contribution in [-0.2, 0) is 20.2 Å². The maximum absolute atomic E-state index is 13.2. The van der Waals surface area contributed by atoms with Crippen LogP contribution in [0.1, 0.15) is 22.8 Å². The summed E-state index contributed by atoms with van der Waals surface area (Å²) in [5.74, 6) is -0.861. The molecule has 0 saturated heterocycles. The van der Waals surface area contributed by atoms with Gasteiger partial charge in [0, 0.05) is 64.8 Å². The van der Waals surface area contributed by atoms with Crippen LogP contribution < -0.4 is 38.5 Å². The lowest BCUT2D eigenvalue weighted by atomic mass is 9.91. The zero-order valence-electron chi connectivity index (χ0n) is 28.9. The van der Waals surface area contributed by atoms with Gasteiger partial charge in [0.05, 0.1) is 0 Å². The highest BCUT2D eigenvalue weighted by Crippen LogP contribution is 2.43. The number of para-hydroxylation sites is 2. The number of rotatable bonds is 12. The predicted molar refractivity (Wildman–Crippen MR) is 209 cm³/mol. The molecule has 0 unspecified atom stereocenters. The Balaban J connectivity index is 1.86. The summed E-state index contributed by atoms with van der Waals surface area (Å²) in [6, 6.07) is 23.3. The molecule has 12 N–H and O–H groups in total. The first-order valence-electron chi connectivity index (χ1n) is 16.0. The van der Waals surface area contributed by atoms with Crippen LogP contribution in [-0.4, -0.2) is 69.9 Å². The van der Waals surface area contributed by atoms with Crippen molar-refractivity contribution in [2.24, 2.45) is 0 Å². The Kier molecular flexibility index (Phi) is 10.4. The number of hydrogen-bond donors (Lipinski definition) is 9. The predicted octanol–water partition coefficient (Wildman–Crippen LogP) is 3.87. The Hall–Kier alpha value is -6.94. The molecule has 0 bridgehead atoms. The quantitative estimate of drug-likeness (QED) is 0.0483. The van der Waals surface area contributed by atoms with Crippen LogP contribution in [0.3, 0.4) is 0 Å². The minimum Gasteiger partial charge on any atom is -0.399 e. The molecule has 0 aliphatic carbocycles. The molecule has 0 radical (unpaired) electrons. The van der Waals surface area contributed by atoms with Crippen LogP contribution in [0.15, 0.2) is 101 Å². The lowest BCUT2D eigenvalue weighted by Crippen LogP contribution is -2.16. The first-order chi connectivity index (χ1) is 26.1. The SMILES string of the molecule is CNc1nc(Nc2ccccc2)nc(C(=C(c2nc(NC)nc(Nc3ccccc3)n2)c2c(N)cc(N)cc2S(=O)(=O)O)c2ccc(N)cc2S(=O)(=O)O)n1. The Morgan fingerprint density at radius 1 is 0.545 bits per heavy atom. The third-order valence-electron chi connectivity index (χ3n) is 7.71. The number of benzene rings is 4. The summed E-state index contributed by atoms with van der Waals surface area (Å²) in [6.07, 6.45) is 0. The van der Waals surface area contributed by atoms with Gasteiger partial charge in [0.2, 0.25) is 23.8 Å². The molecule has 0 amide bonds. The highest BCUT2D eigenvalue weighted by atomic mass is 32.2. The third kappa shape index (κ3) is 8.49. The van der Waals surface area contributed by atoms with E-state index >= 15 is 0 Å². The summed E-state index contributed by atoms with van der Waals surface area (Å²) in [4.78, 5) is 25.6. The Morgan fingerprint density at radius 2 is 1.00 bits per heavy atom. The van der Waals surface area contributed by atoms with E-state index in [-0.39, 0.29) is 69.2 Å². The molecular weight excluding hydrogens is 751 g/mol. The molecule has 282 valence electrons. The van der Waals surface area contributed by atoms with Crippen molar-refractivity contribution >= 4 is 83.6 Å². The number of nitrogens with zero attached hydrogens (tertiary/aromatic N) is 6. The fraction of sp³-hybridized carbons (Fsp3) is 0.0588. The van der Waals surface area contributed by atoms with Crippen molar-refractivity contribution in [1.29, 1.82) is 0 Å². The van der Waals surface area contributed by atoms with E-state index in [0.29, 0.717) is 11.4 Å². The van der Waals surface area contributed by atoms with Crippen molar-refractivity contribution in [2.75, 3.05) is 52.6 Å². The summed E-state index contributed by atoms with van der Waals surface area (Å²) in [5.41, 5.74) is 17.8. The standard InChI is InChI=1S/C34H33N13O6S2/c1-38-31-42-29(44-33(46-31)40-20-9-5-3-6-10-20)26(22-14-13-18(35)16-24(22)54(48,49)50)28(27-23(37)15-19(36)17-25(27)55(51,52)53)30-43-32(39-2)47-34(45-30)41-21-11-7-4-8-12-21/h3-17H,35-37H2,1-2H3,(H,48,49,50)(H,51,52,53)(H2,38,40,42,44,46)(H2,39,41,43,45,47). The van der Waals surface area contributed by atoms with Crippen molar-refractivity contribution < 1.29 is 25.9 Å². The van der Waals surface area contributed by atoms with Crippen LogP contribution in [0.2, 0.25) is 0 Å². The third-order valence-corrected chi connectivity index (χ3v) is 9.48. The zero-order valence-corrected chi connectivity index (χ0v) is 30.6. The average molecular weight is 784 g/mol. The van der Waals surface area contributed by atoms with Crippen LogP contribution >= 0.6 is 0 Å². The van der Waals surface area contributed by atoms with E-state index in [9.17, 15) is 25.9 Å². The maximum atomic E-state index is 13.2. The molecule has 21 heteroatoms. The van der Waals surface area contributed by atoms with Crippen LogP contribution in [0.5, 0.6) is 0 Å². The van der Waals surface area contributed by atoms with Crippen molar-refractivity contribution in [3.8, 4) is 0 Å². The molecule has 0 aliphatic heterocycles. The Morgan fingerprint density at radius 3 is 1.47 bits per heavy atom. The smallest absolute Gasteiger partial charge is 0.295 e. The van der Waals surface area contributed by atoms with Gasteiger partial charge in [0.25, 0.3) is 20.2 Å². The molecule has 6 aromatic rings. The molecule has 19 nitrogen and oxygen atoms in total. The van der Waals surface area contributed by atoms with Crippen molar-refractivity contribution in [1.82, 2.24) is 29.9 Å². The van der Waals surface area contributed by atoms with Crippen LogP contribution in [0.4, 0.5) is 52.2 Å². The number of anilines is 9. The van der Waals surface area contributed by atoms with Gasteiger partial charge in [-0.25, -0.2) is 0 Å². The number of hydrogen-bond acceptors (Lipinski definition) is 17. The van der Waals surface area contributed by atoms with Crippen molar-refractivity contribution in [2.45, 2.75) is 9.79 Å². The fourth-order valence-corrected chi connectivity index (χ4v) is 6.91. The van der Waals surface area contributed by atoms with E-state index in [4.69, 9.17) is 17.2 Å². The van der Waals surface area contributed by atoms with Gasteiger partial charge < -0.3 is 38.5 Å². The number of aromatic nitrogens is 6. The number of nitrogen functional groups attached to an aromatic ring is 3. The summed E-state index contributed by atoms with van der Waals surface area (Å²) < 4.78 is 73.9. The monoisotopic (exact) mass is 783 g/mol. The van der Waals surface area contributed by atoms with Gasteiger partial charge in [-0.2, -0.15) is 46.7 Å². The highest BCUT2D eigenvalue weighted by molar-refractivity contribution is 7.86. The van der Waals surface area contributed by atoms with E-state index in [1.165, 1.54) is 32.3 Å². The van der Waals surface area contributed by atoms with Gasteiger partial charge in [-0.3, -0.25) is 9.11 Å². The van der Waals surface area contributed by atoms with Crippen molar-refractivity contribution in [3.63, 3.8) is 0 Å². The lowest BCUT2D eigenvalue weighted by molar-refractivity contribution is 0.480. The Bertz CT molecular complexity index is 2670. The van der Waals surface area contributed by atoms with E-state index < -0.39 is 35.6 Å². The van der Waals surface area contributed by atoms with Gasteiger partial charge in [0.1, 0.15) is 9.79 Å². The summed E-state index contributed by atoms with van der Waals surface area (Å²) >= 11 is 0. The highest BCUT2D eigenvalue weighted by Gasteiger charge is 2.32. The molecule has 2 aromatic heterocycles. The fourth-order valence-electron chi connectivity index (χ4n) is 5.42. The van der Waals surface area contributed by atoms with Gasteiger partial charge in [0.15, 0.2) is 11.6 Å². The second-order valence-electron chi connectivity index (χ2n) is 11.5. The number of nitrogens with one attached hydrogen (secondary N) is 4. The zero-order chi connectivity index (χ0) is 39.5. The first-order valence-corrected chi connectivity index (χ1v) is 18.8. The molecule has 55 heavy (non-hydrogen) atoms. The summed E-state index contributed by atoms with van der Waals surface area (Å²) in [5, 5.41) is 11.8. The molecule has 4 aromatic carbocycles. The molecule has 0 aliphatic rings. The second kappa shape index (κ2) is 15.2. The molecule has 0 fully saturated rings. The molecule has 6 rings (SSSR count). The largest absolute Gasteiger partial charge is 0.399 e. The molecule has 2 heterocycles. The molecule has 0 atom stereocenters. The van der Waals surface area contributed by atoms with Crippen molar-refractivity contribution in [3.05, 3.63) is 114 Å². The minimum atomic E-state index is -5.17. The number of nitrogens with two attached hydrogens (primary N) is 3. The van der Waals surface area contributed by atoms with Gasteiger partial charge in [-0.05, 0) is 48.5 Å². The van der Waals surface area contributed by atoms with Gasteiger partial charge in [-0.15, -0.1) is 0 Å². The van der Waals surface area contributed by atoms with Crippen LogP contribution in [0.25, 0.3) is 11.1 Å². The minimum absolute atomic E-state index is 0.0394. The van der Waals surface area contributed by atoms with Gasteiger partial charge in [-0.1, -0.05) is 42.5 Å². The summed E-state index contributed by atoms with van der Waals surface area (Å²) in [6.45, 7) is 0. The average Bonchev–Trinajstić information content (AvgIpc) is 3.14. The maximum Gasteiger partial charge on any atom is 0.295 e. The first kappa shape index (κ1) is 37.8. The van der Waals surface area contributed by atoms with E-state index in [1.807, 2.05) is 0 Å². The van der Waals surface area contributed by atoms with Crippen LogP contribution in [0, 0.1) is 0 Å². The van der Waals surface area contributed by atoms with E-state index in [0.717, 1.165) is 12.1 Å². The van der Waals surface area contributed by atoms with E-state index in [1.54, 1.807) is 60.7 Å². The molecule has 0 saturated carbocycles. The topological polar surface area (TPSA) is 312 Å².